The van der Waals surface area contributed by atoms with Gasteiger partial charge in [-0.2, -0.15) is 0 Å². The Morgan fingerprint density at radius 1 is 1.44 bits per heavy atom. The summed E-state index contributed by atoms with van der Waals surface area (Å²) in [6, 6.07) is 0.587. The van der Waals surface area contributed by atoms with Crippen molar-refractivity contribution in [2.75, 3.05) is 40.3 Å². The number of hydrogen-bond acceptors (Lipinski definition) is 4. The van der Waals surface area contributed by atoms with E-state index in [4.69, 9.17) is 0 Å². The number of hydrogen-bond donors (Lipinski definition) is 3. The highest BCUT2D eigenvalue weighted by Crippen LogP contribution is 2.07. The summed E-state index contributed by atoms with van der Waals surface area (Å²) in [5, 5.41) is 16.9. The van der Waals surface area contributed by atoms with Gasteiger partial charge in [0.05, 0.1) is 5.60 Å². The SMILES string of the molecule is CN(C)CC(C)(O)CNCC1CCCCN1. The van der Waals surface area contributed by atoms with Crippen LogP contribution in [0.3, 0.4) is 0 Å². The lowest BCUT2D eigenvalue weighted by Gasteiger charge is -2.29. The molecule has 1 rings (SSSR count). The molecule has 4 heteroatoms. The fourth-order valence-electron chi connectivity index (χ4n) is 2.35. The Labute approximate surface area is 99.4 Å². The van der Waals surface area contributed by atoms with Gasteiger partial charge in [0.2, 0.25) is 0 Å². The summed E-state index contributed by atoms with van der Waals surface area (Å²) in [7, 11) is 3.97. The molecule has 0 aromatic heterocycles. The molecule has 0 aromatic rings. The number of aliphatic hydroxyl groups is 1. The third-order valence-corrected chi connectivity index (χ3v) is 2.97. The van der Waals surface area contributed by atoms with Crippen molar-refractivity contribution in [3.8, 4) is 0 Å². The first-order valence-electron chi connectivity index (χ1n) is 6.31. The Kier molecular flexibility index (Phi) is 5.69. The molecule has 3 N–H and O–H groups in total. The van der Waals surface area contributed by atoms with Crippen LogP contribution in [-0.2, 0) is 0 Å². The normalized spacial score (nSPS) is 25.7. The van der Waals surface area contributed by atoms with E-state index in [1.54, 1.807) is 0 Å². The Balaban J connectivity index is 2.13. The molecule has 0 bridgehead atoms. The smallest absolute Gasteiger partial charge is 0.0869 e. The summed E-state index contributed by atoms with van der Waals surface area (Å²) in [5.74, 6) is 0. The van der Waals surface area contributed by atoms with E-state index in [-0.39, 0.29) is 0 Å². The van der Waals surface area contributed by atoms with Crippen molar-refractivity contribution in [2.24, 2.45) is 0 Å². The van der Waals surface area contributed by atoms with Crippen LogP contribution in [0.2, 0.25) is 0 Å². The highest BCUT2D eigenvalue weighted by atomic mass is 16.3. The average molecular weight is 229 g/mol. The quantitative estimate of drug-likeness (QED) is 0.601. The molecule has 1 heterocycles. The molecule has 0 spiro atoms. The number of nitrogens with zero attached hydrogens (tertiary/aromatic N) is 1. The van der Waals surface area contributed by atoms with Crippen LogP contribution in [0.25, 0.3) is 0 Å². The zero-order chi connectivity index (χ0) is 12.0. The second-order valence-corrected chi connectivity index (χ2v) is 5.51. The van der Waals surface area contributed by atoms with Gasteiger partial charge in [0.15, 0.2) is 0 Å². The number of nitrogens with one attached hydrogen (secondary N) is 2. The van der Waals surface area contributed by atoms with Gasteiger partial charge < -0.3 is 20.6 Å². The van der Waals surface area contributed by atoms with Crippen LogP contribution >= 0.6 is 0 Å². The fourth-order valence-corrected chi connectivity index (χ4v) is 2.35. The predicted octanol–water partition coefficient (Wildman–Crippen LogP) is 0.0307. The number of rotatable bonds is 6. The summed E-state index contributed by atoms with van der Waals surface area (Å²) in [5.41, 5.74) is -0.641. The summed E-state index contributed by atoms with van der Waals surface area (Å²) in [4.78, 5) is 2.01. The summed E-state index contributed by atoms with van der Waals surface area (Å²) in [6.45, 7) is 5.33. The van der Waals surface area contributed by atoms with Gasteiger partial charge in [-0.25, -0.2) is 0 Å². The maximum atomic E-state index is 10.1. The first kappa shape index (κ1) is 13.9. The fraction of sp³-hybridized carbons (Fsp3) is 1.00. The van der Waals surface area contributed by atoms with Crippen molar-refractivity contribution in [1.29, 1.82) is 0 Å². The molecule has 0 amide bonds. The van der Waals surface area contributed by atoms with E-state index < -0.39 is 5.60 Å². The van der Waals surface area contributed by atoms with Crippen LogP contribution in [-0.4, -0.2) is 61.9 Å². The molecule has 2 unspecified atom stereocenters. The molecular formula is C12H27N3O. The minimum Gasteiger partial charge on any atom is -0.388 e. The second-order valence-electron chi connectivity index (χ2n) is 5.51. The Bertz CT molecular complexity index is 189. The van der Waals surface area contributed by atoms with Crippen LogP contribution in [0.15, 0.2) is 0 Å². The van der Waals surface area contributed by atoms with Crippen molar-refractivity contribution in [2.45, 2.75) is 37.8 Å². The topological polar surface area (TPSA) is 47.5 Å². The number of likely N-dealkylation sites (N-methyl/N-ethyl adjacent to an activating group) is 1. The molecule has 1 saturated heterocycles. The molecule has 1 fully saturated rings. The van der Waals surface area contributed by atoms with Crippen molar-refractivity contribution in [3.63, 3.8) is 0 Å². The van der Waals surface area contributed by atoms with E-state index in [1.807, 2.05) is 25.9 Å². The van der Waals surface area contributed by atoms with Crippen LogP contribution in [0.4, 0.5) is 0 Å². The highest BCUT2D eigenvalue weighted by molar-refractivity contribution is 4.81. The Morgan fingerprint density at radius 3 is 2.75 bits per heavy atom. The molecule has 16 heavy (non-hydrogen) atoms. The lowest BCUT2D eigenvalue weighted by molar-refractivity contribution is 0.0333. The van der Waals surface area contributed by atoms with E-state index in [9.17, 15) is 5.11 Å². The summed E-state index contributed by atoms with van der Waals surface area (Å²) in [6.07, 6.45) is 3.88. The standard InChI is InChI=1S/C12H27N3O/c1-12(16,10-15(2)3)9-13-8-11-6-4-5-7-14-11/h11,13-14,16H,4-10H2,1-3H3. The molecule has 4 nitrogen and oxygen atoms in total. The largest absolute Gasteiger partial charge is 0.388 e. The summed E-state index contributed by atoms with van der Waals surface area (Å²) < 4.78 is 0. The van der Waals surface area contributed by atoms with Crippen molar-refractivity contribution in [3.05, 3.63) is 0 Å². The molecule has 1 aliphatic heterocycles. The van der Waals surface area contributed by atoms with Crippen LogP contribution in [0, 0.1) is 0 Å². The van der Waals surface area contributed by atoms with E-state index in [0.29, 0.717) is 19.1 Å². The zero-order valence-corrected chi connectivity index (χ0v) is 10.9. The third-order valence-electron chi connectivity index (χ3n) is 2.97. The van der Waals surface area contributed by atoms with E-state index >= 15 is 0 Å². The van der Waals surface area contributed by atoms with Gasteiger partial charge in [-0.3, -0.25) is 0 Å². The predicted molar refractivity (Wildman–Crippen MR) is 67.7 cm³/mol. The van der Waals surface area contributed by atoms with E-state index in [2.05, 4.69) is 10.6 Å². The van der Waals surface area contributed by atoms with Crippen LogP contribution in [0.5, 0.6) is 0 Å². The van der Waals surface area contributed by atoms with Gasteiger partial charge in [0.25, 0.3) is 0 Å². The van der Waals surface area contributed by atoms with Gasteiger partial charge in [-0.05, 0) is 40.4 Å². The zero-order valence-electron chi connectivity index (χ0n) is 10.9. The van der Waals surface area contributed by atoms with Crippen molar-refractivity contribution >= 4 is 0 Å². The molecular weight excluding hydrogens is 202 g/mol. The third kappa shape index (κ3) is 5.80. The number of piperidine rings is 1. The molecule has 0 aromatic carbocycles. The minimum absolute atomic E-state index is 0.587. The highest BCUT2D eigenvalue weighted by Gasteiger charge is 2.21. The average Bonchev–Trinajstić information content (AvgIpc) is 2.16. The molecule has 96 valence electrons. The lowest BCUT2D eigenvalue weighted by atomic mass is 10.0. The van der Waals surface area contributed by atoms with Gasteiger partial charge in [-0.1, -0.05) is 6.42 Å². The van der Waals surface area contributed by atoms with Crippen molar-refractivity contribution in [1.82, 2.24) is 15.5 Å². The van der Waals surface area contributed by atoms with Crippen LogP contribution < -0.4 is 10.6 Å². The molecule has 1 aliphatic rings. The second kappa shape index (κ2) is 6.55. The van der Waals surface area contributed by atoms with Gasteiger partial charge >= 0.3 is 0 Å². The first-order valence-corrected chi connectivity index (χ1v) is 6.31. The monoisotopic (exact) mass is 229 g/mol. The maximum Gasteiger partial charge on any atom is 0.0869 e. The molecule has 0 radical (unpaired) electrons. The van der Waals surface area contributed by atoms with E-state index in [1.165, 1.54) is 19.3 Å². The molecule has 0 aliphatic carbocycles. The maximum absolute atomic E-state index is 10.1. The minimum atomic E-state index is -0.641. The van der Waals surface area contributed by atoms with Crippen molar-refractivity contribution < 1.29 is 5.11 Å². The Morgan fingerprint density at radius 2 is 2.19 bits per heavy atom. The van der Waals surface area contributed by atoms with Gasteiger partial charge in [0, 0.05) is 25.7 Å². The van der Waals surface area contributed by atoms with E-state index in [0.717, 1.165) is 13.1 Å². The van der Waals surface area contributed by atoms with Gasteiger partial charge in [-0.15, -0.1) is 0 Å². The Hall–Kier alpha value is -0.160. The summed E-state index contributed by atoms with van der Waals surface area (Å²) >= 11 is 0. The lowest BCUT2D eigenvalue weighted by Crippen LogP contribution is -2.49. The molecule has 2 atom stereocenters. The first-order chi connectivity index (χ1) is 7.49. The van der Waals surface area contributed by atoms with Gasteiger partial charge in [0.1, 0.15) is 0 Å². The molecule has 0 saturated carbocycles. The van der Waals surface area contributed by atoms with Crippen LogP contribution in [0.1, 0.15) is 26.2 Å².